The average Bonchev–Trinajstić information content (AvgIpc) is 3.29. The lowest BCUT2D eigenvalue weighted by Crippen LogP contribution is -2.27. The number of thioether (sulfide) groups is 1. The van der Waals surface area contributed by atoms with Crippen molar-refractivity contribution >= 4 is 63.5 Å². The van der Waals surface area contributed by atoms with E-state index in [1.807, 2.05) is 32.0 Å². The minimum atomic E-state index is -1.06. The van der Waals surface area contributed by atoms with Gasteiger partial charge in [-0.2, -0.15) is 0 Å². The van der Waals surface area contributed by atoms with Crippen LogP contribution in [0.4, 0.5) is 5.69 Å². The molecule has 3 aromatic rings. The number of aryl methyl sites for hydroxylation is 2. The number of hydrogen-bond donors (Lipinski definition) is 1. The first kappa shape index (κ1) is 21.4. The van der Waals surface area contributed by atoms with E-state index in [2.05, 4.69) is 0 Å². The maximum absolute atomic E-state index is 13.0. The zero-order chi connectivity index (χ0) is 22.3. The van der Waals surface area contributed by atoms with Gasteiger partial charge in [0.25, 0.3) is 5.91 Å². The number of carbonyl (C=O) groups is 2. The molecule has 2 aromatic carbocycles. The maximum atomic E-state index is 13.0. The minimum Gasteiger partial charge on any atom is -0.478 e. The van der Waals surface area contributed by atoms with Crippen molar-refractivity contribution in [3.8, 4) is 11.3 Å². The molecule has 1 aliphatic heterocycles. The third-order valence-electron chi connectivity index (χ3n) is 4.92. The predicted molar refractivity (Wildman–Crippen MR) is 128 cm³/mol. The van der Waals surface area contributed by atoms with Crippen molar-refractivity contribution in [1.29, 1.82) is 0 Å². The number of halogens is 1. The second-order valence-electron chi connectivity index (χ2n) is 6.99. The average molecular weight is 470 g/mol. The zero-order valence-corrected chi connectivity index (χ0v) is 18.9. The number of furan rings is 1. The Morgan fingerprint density at radius 3 is 2.61 bits per heavy atom. The van der Waals surface area contributed by atoms with Crippen molar-refractivity contribution in [2.24, 2.45) is 0 Å². The molecule has 4 rings (SSSR count). The summed E-state index contributed by atoms with van der Waals surface area (Å²) in [5.74, 6) is -0.432. The summed E-state index contributed by atoms with van der Waals surface area (Å²) in [5.41, 5.74) is 3.51. The van der Waals surface area contributed by atoms with E-state index in [1.165, 1.54) is 34.9 Å². The van der Waals surface area contributed by atoms with Crippen molar-refractivity contribution in [2.75, 3.05) is 4.90 Å². The number of anilines is 1. The molecule has 0 aliphatic carbocycles. The van der Waals surface area contributed by atoms with Gasteiger partial charge < -0.3 is 9.52 Å². The maximum Gasteiger partial charge on any atom is 0.335 e. The molecule has 156 valence electrons. The number of carbonyl (C=O) groups excluding carboxylic acids is 1. The van der Waals surface area contributed by atoms with Gasteiger partial charge in [0.2, 0.25) is 0 Å². The van der Waals surface area contributed by atoms with Gasteiger partial charge in [0.05, 0.1) is 21.2 Å². The Kier molecular flexibility index (Phi) is 5.75. The van der Waals surface area contributed by atoms with Crippen LogP contribution in [0.1, 0.15) is 27.2 Å². The third kappa shape index (κ3) is 4.17. The van der Waals surface area contributed by atoms with Crippen molar-refractivity contribution in [1.82, 2.24) is 0 Å². The molecule has 1 aromatic heterocycles. The molecule has 0 bridgehead atoms. The number of hydrogen-bond acceptors (Lipinski definition) is 5. The summed E-state index contributed by atoms with van der Waals surface area (Å²) in [5, 5.41) is 9.57. The van der Waals surface area contributed by atoms with E-state index in [1.54, 1.807) is 18.2 Å². The Balaban J connectivity index is 1.63. The van der Waals surface area contributed by atoms with E-state index in [9.17, 15) is 14.7 Å². The molecule has 31 heavy (non-hydrogen) atoms. The van der Waals surface area contributed by atoms with Crippen LogP contribution in [0.15, 0.2) is 57.9 Å². The molecule has 1 N–H and O–H groups in total. The minimum absolute atomic E-state index is 0.103. The molecule has 8 heteroatoms. The molecule has 0 spiro atoms. The van der Waals surface area contributed by atoms with E-state index in [-0.39, 0.29) is 11.5 Å². The Morgan fingerprint density at radius 1 is 1.13 bits per heavy atom. The molecule has 1 fully saturated rings. The molecule has 1 amide bonds. The zero-order valence-electron chi connectivity index (χ0n) is 16.5. The molecule has 1 saturated heterocycles. The predicted octanol–water partition coefficient (Wildman–Crippen LogP) is 6.32. The Labute approximate surface area is 193 Å². The van der Waals surface area contributed by atoms with Crippen LogP contribution in [0.2, 0.25) is 5.02 Å². The van der Waals surface area contributed by atoms with Gasteiger partial charge in [-0.25, -0.2) is 4.79 Å². The fourth-order valence-electron chi connectivity index (χ4n) is 3.11. The smallest absolute Gasteiger partial charge is 0.335 e. The number of amides is 1. The summed E-state index contributed by atoms with van der Waals surface area (Å²) < 4.78 is 6.27. The van der Waals surface area contributed by atoms with Crippen LogP contribution in [0, 0.1) is 13.8 Å². The van der Waals surface area contributed by atoms with Crippen LogP contribution in [0.25, 0.3) is 17.4 Å². The highest BCUT2D eigenvalue weighted by Gasteiger charge is 2.33. The lowest BCUT2D eigenvalue weighted by Gasteiger charge is -2.15. The van der Waals surface area contributed by atoms with E-state index < -0.39 is 5.97 Å². The molecule has 0 radical (unpaired) electrons. The van der Waals surface area contributed by atoms with Gasteiger partial charge in [0, 0.05) is 11.6 Å². The van der Waals surface area contributed by atoms with Crippen molar-refractivity contribution in [2.45, 2.75) is 13.8 Å². The van der Waals surface area contributed by atoms with Crippen LogP contribution < -0.4 is 4.90 Å². The van der Waals surface area contributed by atoms with Gasteiger partial charge in [0.1, 0.15) is 11.5 Å². The Morgan fingerprint density at radius 2 is 1.90 bits per heavy atom. The molecular weight excluding hydrogens is 454 g/mol. The summed E-state index contributed by atoms with van der Waals surface area (Å²) in [6.07, 6.45) is 1.62. The molecule has 0 saturated carbocycles. The second-order valence-corrected chi connectivity index (χ2v) is 9.07. The normalized spacial score (nSPS) is 15.2. The van der Waals surface area contributed by atoms with Crippen LogP contribution in [0.5, 0.6) is 0 Å². The van der Waals surface area contributed by atoms with E-state index in [0.29, 0.717) is 31.3 Å². The summed E-state index contributed by atoms with van der Waals surface area (Å²) in [6, 6.07) is 13.5. The van der Waals surface area contributed by atoms with Gasteiger partial charge in [-0.3, -0.25) is 9.69 Å². The van der Waals surface area contributed by atoms with Crippen molar-refractivity contribution in [3.05, 3.63) is 80.9 Å². The molecule has 1 aliphatic rings. The number of carboxylic acid groups (broad SMARTS) is 1. The van der Waals surface area contributed by atoms with Crippen molar-refractivity contribution in [3.63, 3.8) is 0 Å². The molecular formula is C23H16ClNO4S2. The fraction of sp³-hybridized carbons (Fsp3) is 0.0870. The van der Waals surface area contributed by atoms with Gasteiger partial charge >= 0.3 is 5.97 Å². The van der Waals surface area contributed by atoms with Gasteiger partial charge in [-0.05, 0) is 67.4 Å². The summed E-state index contributed by atoms with van der Waals surface area (Å²) >= 11 is 12.8. The lowest BCUT2D eigenvalue weighted by atomic mass is 10.1. The highest BCUT2D eigenvalue weighted by Crippen LogP contribution is 2.37. The SMILES string of the molecule is Cc1ccc(N2C(=O)/C(=C\c3ccc(-c4cc(C(=O)O)ccc4Cl)o3)SC2=S)cc1C. The van der Waals surface area contributed by atoms with E-state index in [4.69, 9.17) is 28.2 Å². The molecule has 0 unspecified atom stereocenters. The van der Waals surface area contributed by atoms with E-state index in [0.717, 1.165) is 16.8 Å². The molecule has 0 atom stereocenters. The first-order valence-electron chi connectivity index (χ1n) is 9.23. The monoisotopic (exact) mass is 469 g/mol. The standard InChI is InChI=1S/C23H16ClNO4S2/c1-12-3-5-15(9-13(12)2)25-21(26)20(31-23(25)30)11-16-6-8-19(29-16)17-10-14(22(27)28)4-7-18(17)24/h3-11H,1-2H3,(H,27,28)/b20-11+. The second kappa shape index (κ2) is 8.34. The number of aromatic carboxylic acids is 1. The number of carboxylic acids is 1. The Hall–Kier alpha value is -2.87. The van der Waals surface area contributed by atoms with Gasteiger partial charge in [-0.15, -0.1) is 0 Å². The van der Waals surface area contributed by atoms with Crippen LogP contribution in [-0.2, 0) is 4.79 Å². The first-order valence-corrected chi connectivity index (χ1v) is 10.8. The summed E-state index contributed by atoms with van der Waals surface area (Å²) in [7, 11) is 0. The lowest BCUT2D eigenvalue weighted by molar-refractivity contribution is -0.113. The van der Waals surface area contributed by atoms with Crippen LogP contribution >= 0.6 is 35.6 Å². The van der Waals surface area contributed by atoms with Crippen LogP contribution in [-0.4, -0.2) is 21.3 Å². The van der Waals surface area contributed by atoms with Crippen LogP contribution in [0.3, 0.4) is 0 Å². The molecule has 2 heterocycles. The third-order valence-corrected chi connectivity index (χ3v) is 6.55. The fourth-order valence-corrected chi connectivity index (χ4v) is 4.60. The topological polar surface area (TPSA) is 70.8 Å². The largest absolute Gasteiger partial charge is 0.478 e. The summed E-state index contributed by atoms with van der Waals surface area (Å²) in [4.78, 5) is 26.2. The number of benzene rings is 2. The highest BCUT2D eigenvalue weighted by molar-refractivity contribution is 8.27. The van der Waals surface area contributed by atoms with Gasteiger partial charge in [-0.1, -0.05) is 41.6 Å². The number of rotatable bonds is 4. The first-order chi connectivity index (χ1) is 14.7. The Bertz CT molecular complexity index is 1280. The quantitative estimate of drug-likeness (QED) is 0.356. The number of nitrogens with zero attached hydrogens (tertiary/aromatic N) is 1. The molecule has 5 nitrogen and oxygen atoms in total. The van der Waals surface area contributed by atoms with Crippen molar-refractivity contribution < 1.29 is 19.1 Å². The van der Waals surface area contributed by atoms with Gasteiger partial charge in [0.15, 0.2) is 4.32 Å². The van der Waals surface area contributed by atoms with E-state index >= 15 is 0 Å². The number of thiocarbonyl (C=S) groups is 1. The summed E-state index contributed by atoms with van der Waals surface area (Å²) in [6.45, 7) is 4.00. The highest BCUT2D eigenvalue weighted by atomic mass is 35.5.